The van der Waals surface area contributed by atoms with Crippen LogP contribution < -0.4 is 5.73 Å². The molecule has 6 nitrogen and oxygen atoms in total. The zero-order valence-corrected chi connectivity index (χ0v) is 12.0. The van der Waals surface area contributed by atoms with Gasteiger partial charge >= 0.3 is 5.97 Å². The third-order valence-corrected chi connectivity index (χ3v) is 4.62. The highest BCUT2D eigenvalue weighted by Gasteiger charge is 2.69. The van der Waals surface area contributed by atoms with Crippen LogP contribution in [0.3, 0.4) is 0 Å². The van der Waals surface area contributed by atoms with Crippen LogP contribution in [-0.2, 0) is 9.59 Å². The molecule has 0 bridgehead atoms. The van der Waals surface area contributed by atoms with Crippen molar-refractivity contribution in [3.8, 4) is 0 Å². The molecule has 0 radical (unpaired) electrons. The molecule has 0 aromatic rings. The van der Waals surface area contributed by atoms with Crippen LogP contribution in [0, 0.1) is 17.3 Å². The van der Waals surface area contributed by atoms with Crippen molar-refractivity contribution in [3.05, 3.63) is 0 Å². The summed E-state index contributed by atoms with van der Waals surface area (Å²) in [6.07, 6.45) is 0. The Kier molecular flexibility index (Phi) is 3.35. The van der Waals surface area contributed by atoms with Crippen LogP contribution in [0.5, 0.6) is 0 Å². The molecule has 2 fully saturated rings. The highest BCUT2D eigenvalue weighted by molar-refractivity contribution is 5.88. The van der Waals surface area contributed by atoms with E-state index >= 15 is 0 Å². The summed E-state index contributed by atoms with van der Waals surface area (Å²) in [6, 6.07) is -1.36. The molecule has 1 heterocycles. The molecule has 1 unspecified atom stereocenters. The predicted octanol–water partition coefficient (Wildman–Crippen LogP) is -0.557. The Morgan fingerprint density at radius 2 is 2.05 bits per heavy atom. The maximum Gasteiger partial charge on any atom is 0.326 e. The van der Waals surface area contributed by atoms with Gasteiger partial charge in [-0.05, 0) is 25.4 Å². The molecule has 1 saturated heterocycles. The molecule has 108 valence electrons. The lowest BCUT2D eigenvalue weighted by Gasteiger charge is -2.30. The number of rotatable bonds is 4. The van der Waals surface area contributed by atoms with E-state index in [4.69, 9.17) is 5.73 Å². The smallest absolute Gasteiger partial charge is 0.326 e. The maximum atomic E-state index is 12.3. The summed E-state index contributed by atoms with van der Waals surface area (Å²) >= 11 is 0. The summed E-state index contributed by atoms with van der Waals surface area (Å²) in [4.78, 5) is 27.0. The number of carboxylic acids is 1. The minimum Gasteiger partial charge on any atom is -0.480 e. The van der Waals surface area contributed by atoms with Crippen molar-refractivity contribution in [2.45, 2.75) is 25.9 Å². The number of nitrogens with zero attached hydrogens (tertiary/aromatic N) is 2. The van der Waals surface area contributed by atoms with E-state index < -0.39 is 18.1 Å². The zero-order chi connectivity index (χ0) is 14.5. The summed E-state index contributed by atoms with van der Waals surface area (Å²) < 4.78 is 0. The normalized spacial score (nSPS) is 33.2. The standard InChI is InChI=1S/C13H23N3O3/c1-13(2)7-5-16(10(9(7)13)12(18)19)11(17)8(14)6-15(3)4/h7-10H,5-6,14H2,1-4H3,(H,18,19)/t7-,8?,9-,10-/m0/s1. The van der Waals surface area contributed by atoms with E-state index in [9.17, 15) is 14.7 Å². The Hall–Kier alpha value is -1.14. The number of nitrogens with two attached hydrogens (primary N) is 1. The number of piperidine rings is 1. The molecule has 6 heteroatoms. The van der Waals surface area contributed by atoms with Crippen molar-refractivity contribution < 1.29 is 14.7 Å². The molecular formula is C13H23N3O3. The summed E-state index contributed by atoms with van der Waals surface area (Å²) in [5.41, 5.74) is 5.90. The minimum atomic E-state index is -0.913. The van der Waals surface area contributed by atoms with Gasteiger partial charge in [-0.25, -0.2) is 4.79 Å². The van der Waals surface area contributed by atoms with Crippen molar-refractivity contribution in [2.75, 3.05) is 27.2 Å². The van der Waals surface area contributed by atoms with E-state index in [1.807, 2.05) is 19.0 Å². The minimum absolute atomic E-state index is 0.0332. The molecular weight excluding hydrogens is 246 g/mol. The summed E-state index contributed by atoms with van der Waals surface area (Å²) in [5.74, 6) is -0.794. The number of hydrogen-bond donors (Lipinski definition) is 2. The van der Waals surface area contributed by atoms with Crippen molar-refractivity contribution in [2.24, 2.45) is 23.0 Å². The number of aliphatic carboxylic acids is 1. The van der Waals surface area contributed by atoms with Crippen molar-refractivity contribution >= 4 is 11.9 Å². The highest BCUT2D eigenvalue weighted by atomic mass is 16.4. The van der Waals surface area contributed by atoms with Gasteiger partial charge in [-0.3, -0.25) is 4.79 Å². The second kappa shape index (κ2) is 4.45. The number of fused-ring (bicyclic) bond motifs is 1. The van der Waals surface area contributed by atoms with Crippen LogP contribution >= 0.6 is 0 Å². The predicted molar refractivity (Wildman–Crippen MR) is 70.4 cm³/mol. The number of likely N-dealkylation sites (N-methyl/N-ethyl adjacent to an activating group) is 1. The first-order valence-electron chi connectivity index (χ1n) is 6.61. The molecule has 1 aliphatic carbocycles. The first-order chi connectivity index (χ1) is 8.67. The second-order valence-electron chi connectivity index (χ2n) is 6.60. The van der Waals surface area contributed by atoms with Gasteiger partial charge in [0.2, 0.25) is 5.91 Å². The van der Waals surface area contributed by atoms with Gasteiger partial charge in [-0.1, -0.05) is 13.8 Å². The molecule has 4 atom stereocenters. The molecule has 2 aliphatic rings. The van der Waals surface area contributed by atoms with Crippen molar-refractivity contribution in [3.63, 3.8) is 0 Å². The van der Waals surface area contributed by atoms with E-state index in [2.05, 4.69) is 13.8 Å². The van der Waals surface area contributed by atoms with E-state index in [1.54, 1.807) is 0 Å². The van der Waals surface area contributed by atoms with Crippen LogP contribution in [0.4, 0.5) is 0 Å². The number of carboxylic acid groups (broad SMARTS) is 1. The Morgan fingerprint density at radius 1 is 1.47 bits per heavy atom. The van der Waals surface area contributed by atoms with Crippen molar-refractivity contribution in [1.82, 2.24) is 9.80 Å². The van der Waals surface area contributed by atoms with Gasteiger partial charge in [0.05, 0.1) is 6.04 Å². The van der Waals surface area contributed by atoms with Gasteiger partial charge in [0, 0.05) is 19.0 Å². The van der Waals surface area contributed by atoms with Crippen LogP contribution in [-0.4, -0.2) is 66.1 Å². The Morgan fingerprint density at radius 3 is 2.53 bits per heavy atom. The number of carbonyl (C=O) groups is 2. The van der Waals surface area contributed by atoms with Crippen LogP contribution in [0.25, 0.3) is 0 Å². The maximum absolute atomic E-state index is 12.3. The van der Waals surface area contributed by atoms with E-state index in [0.29, 0.717) is 19.0 Å². The third-order valence-electron chi connectivity index (χ3n) is 4.62. The molecule has 1 aliphatic heterocycles. The second-order valence-corrected chi connectivity index (χ2v) is 6.60. The fourth-order valence-corrected chi connectivity index (χ4v) is 3.48. The lowest BCUT2D eigenvalue weighted by Crippen LogP contribution is -2.54. The molecule has 0 aromatic carbocycles. The first-order valence-corrected chi connectivity index (χ1v) is 6.61. The van der Waals surface area contributed by atoms with Gasteiger partial charge in [-0.2, -0.15) is 0 Å². The lowest BCUT2D eigenvalue weighted by molar-refractivity contribution is -0.150. The monoisotopic (exact) mass is 269 g/mol. The average molecular weight is 269 g/mol. The molecule has 2 rings (SSSR count). The van der Waals surface area contributed by atoms with Gasteiger partial charge in [0.15, 0.2) is 0 Å². The van der Waals surface area contributed by atoms with Crippen LogP contribution in [0.15, 0.2) is 0 Å². The lowest BCUT2D eigenvalue weighted by atomic mass is 10.0. The average Bonchev–Trinajstić information content (AvgIpc) is 2.68. The molecule has 0 spiro atoms. The topological polar surface area (TPSA) is 86.9 Å². The Balaban J connectivity index is 2.09. The first kappa shape index (κ1) is 14.3. The fourth-order valence-electron chi connectivity index (χ4n) is 3.48. The number of amides is 1. The van der Waals surface area contributed by atoms with Gasteiger partial charge in [-0.15, -0.1) is 0 Å². The number of likely N-dealkylation sites (tertiary alicyclic amines) is 1. The van der Waals surface area contributed by atoms with E-state index in [-0.39, 0.29) is 17.2 Å². The van der Waals surface area contributed by atoms with Gasteiger partial charge in [0.1, 0.15) is 6.04 Å². The molecule has 1 amide bonds. The fraction of sp³-hybridized carbons (Fsp3) is 0.846. The third kappa shape index (κ3) is 2.23. The Bertz CT molecular complexity index is 408. The summed E-state index contributed by atoms with van der Waals surface area (Å²) in [7, 11) is 3.68. The Labute approximate surface area is 113 Å². The van der Waals surface area contributed by atoms with Crippen LogP contribution in [0.1, 0.15) is 13.8 Å². The number of hydrogen-bond acceptors (Lipinski definition) is 4. The van der Waals surface area contributed by atoms with Gasteiger partial charge in [0.25, 0.3) is 0 Å². The molecule has 1 saturated carbocycles. The summed E-state index contributed by atoms with van der Waals surface area (Å²) in [6.45, 7) is 5.09. The van der Waals surface area contributed by atoms with E-state index in [0.717, 1.165) is 0 Å². The number of carbonyl (C=O) groups excluding carboxylic acids is 1. The van der Waals surface area contributed by atoms with E-state index in [1.165, 1.54) is 4.90 Å². The highest BCUT2D eigenvalue weighted by Crippen LogP contribution is 2.64. The van der Waals surface area contributed by atoms with Gasteiger partial charge < -0.3 is 20.6 Å². The largest absolute Gasteiger partial charge is 0.480 e. The van der Waals surface area contributed by atoms with Crippen molar-refractivity contribution in [1.29, 1.82) is 0 Å². The molecule has 0 aromatic heterocycles. The van der Waals surface area contributed by atoms with Crippen LogP contribution in [0.2, 0.25) is 0 Å². The SMILES string of the molecule is CN(C)CC(N)C(=O)N1C[C@H]2[C@@H]([C@H]1C(=O)O)C2(C)C. The molecule has 3 N–H and O–H groups in total. The summed E-state index contributed by atoms with van der Waals surface area (Å²) in [5, 5.41) is 9.38. The zero-order valence-electron chi connectivity index (χ0n) is 12.0. The molecule has 19 heavy (non-hydrogen) atoms. The quantitative estimate of drug-likeness (QED) is 0.714.